The molecule has 5 heteroatoms. The van der Waals surface area contributed by atoms with Gasteiger partial charge in [0.25, 0.3) is 0 Å². The molecule has 2 N–H and O–H groups in total. The molecule has 0 spiro atoms. The summed E-state index contributed by atoms with van der Waals surface area (Å²) in [5.41, 5.74) is 7.62. The van der Waals surface area contributed by atoms with Gasteiger partial charge in [-0.3, -0.25) is 4.99 Å². The van der Waals surface area contributed by atoms with Gasteiger partial charge in [-0.1, -0.05) is 17.7 Å². The van der Waals surface area contributed by atoms with Crippen molar-refractivity contribution >= 4 is 23.1 Å². The van der Waals surface area contributed by atoms with Gasteiger partial charge in [0.2, 0.25) is 0 Å². The molecule has 1 fully saturated rings. The van der Waals surface area contributed by atoms with Crippen LogP contribution in [0.4, 0.5) is 5.82 Å². The lowest BCUT2D eigenvalue weighted by Crippen LogP contribution is -2.40. The highest BCUT2D eigenvalue weighted by Gasteiger charge is 2.19. The smallest absolute Gasteiger partial charge is 0.129 e. The predicted octanol–water partition coefficient (Wildman–Crippen LogP) is 2.41. The van der Waals surface area contributed by atoms with Gasteiger partial charge in [-0.15, -0.1) is 0 Å². The zero-order chi connectivity index (χ0) is 13.9. The van der Waals surface area contributed by atoms with Crippen LogP contribution in [-0.4, -0.2) is 36.4 Å². The summed E-state index contributed by atoms with van der Waals surface area (Å²) in [5, 5.41) is 0.660. The lowest BCUT2D eigenvalue weighted by Gasteiger charge is -2.31. The number of hydrogen-bond acceptors (Lipinski definition) is 4. The Kier molecular flexibility index (Phi) is 4.03. The van der Waals surface area contributed by atoms with Gasteiger partial charge in [0.1, 0.15) is 11.5 Å². The molecule has 2 aliphatic heterocycles. The third-order valence-corrected chi connectivity index (χ3v) is 4.10. The Balaban J connectivity index is 1.86. The highest BCUT2D eigenvalue weighted by Crippen LogP contribution is 2.23. The van der Waals surface area contributed by atoms with E-state index in [0.717, 1.165) is 56.1 Å². The lowest BCUT2D eigenvalue weighted by molar-refractivity contribution is 0.498. The molecule has 1 aromatic heterocycles. The van der Waals surface area contributed by atoms with E-state index in [1.807, 2.05) is 18.2 Å². The average molecular weight is 291 g/mol. The van der Waals surface area contributed by atoms with Gasteiger partial charge in [-0.05, 0) is 37.5 Å². The highest BCUT2D eigenvalue weighted by atomic mass is 35.5. The topological polar surface area (TPSA) is 54.5 Å². The Morgan fingerprint density at radius 1 is 1.25 bits per heavy atom. The van der Waals surface area contributed by atoms with Gasteiger partial charge in [-0.25, -0.2) is 4.98 Å². The van der Waals surface area contributed by atoms with E-state index in [1.165, 1.54) is 0 Å². The fraction of sp³-hybridized carbons (Fsp3) is 0.467. The van der Waals surface area contributed by atoms with E-state index in [1.54, 1.807) is 0 Å². The van der Waals surface area contributed by atoms with E-state index in [0.29, 0.717) is 11.1 Å². The van der Waals surface area contributed by atoms with Crippen LogP contribution in [0.25, 0.3) is 0 Å². The third-order valence-electron chi connectivity index (χ3n) is 3.79. The number of dihydropyridines is 1. The number of hydrogen-bond donors (Lipinski definition) is 1. The highest BCUT2D eigenvalue weighted by molar-refractivity contribution is 6.34. The molecule has 0 amide bonds. The average Bonchev–Trinajstić information content (AvgIpc) is 2.50. The van der Waals surface area contributed by atoms with Crippen LogP contribution in [0.2, 0.25) is 5.02 Å². The standard InChI is InChI=1S/C15H19ClN4/c16-12-4-5-14(20-9-6-11(17)7-10-20)19-15(12)13-3-1-2-8-18-13/h1,3-5,11H,2,6-10,17H2. The summed E-state index contributed by atoms with van der Waals surface area (Å²) in [6.45, 7) is 2.72. The summed E-state index contributed by atoms with van der Waals surface area (Å²) in [5.74, 6) is 0.970. The number of aliphatic imine (C=N–C) groups is 1. The van der Waals surface area contributed by atoms with Gasteiger partial charge in [0.05, 0.1) is 10.7 Å². The van der Waals surface area contributed by atoms with Gasteiger partial charge in [-0.2, -0.15) is 0 Å². The van der Waals surface area contributed by atoms with Crippen LogP contribution in [0.1, 0.15) is 25.0 Å². The Hall–Kier alpha value is -1.39. The van der Waals surface area contributed by atoms with Crippen LogP contribution in [0.5, 0.6) is 0 Å². The second-order valence-corrected chi connectivity index (χ2v) is 5.69. The SMILES string of the molecule is NC1CCN(c2ccc(Cl)c(C3=NCCC=C3)n2)CC1. The summed E-state index contributed by atoms with van der Waals surface area (Å²) in [7, 11) is 0. The molecule has 1 saturated heterocycles. The molecular formula is C15H19ClN4. The van der Waals surface area contributed by atoms with Crippen molar-refractivity contribution in [1.29, 1.82) is 0 Å². The van der Waals surface area contributed by atoms with Crippen LogP contribution in [0, 0.1) is 0 Å². The van der Waals surface area contributed by atoms with Crippen LogP contribution >= 0.6 is 11.6 Å². The number of nitrogens with zero attached hydrogens (tertiary/aromatic N) is 3. The maximum Gasteiger partial charge on any atom is 0.129 e. The largest absolute Gasteiger partial charge is 0.356 e. The number of nitrogens with two attached hydrogens (primary N) is 1. The zero-order valence-corrected chi connectivity index (χ0v) is 12.2. The van der Waals surface area contributed by atoms with Gasteiger partial charge >= 0.3 is 0 Å². The number of aromatic nitrogens is 1. The van der Waals surface area contributed by atoms with E-state index in [2.05, 4.69) is 16.0 Å². The first-order valence-corrected chi connectivity index (χ1v) is 7.50. The first-order chi connectivity index (χ1) is 9.74. The van der Waals surface area contributed by atoms with E-state index in [4.69, 9.17) is 22.3 Å². The summed E-state index contributed by atoms with van der Waals surface area (Å²) < 4.78 is 0. The molecule has 0 bridgehead atoms. The van der Waals surface area contributed by atoms with E-state index in [-0.39, 0.29) is 0 Å². The first-order valence-electron chi connectivity index (χ1n) is 7.12. The molecule has 4 nitrogen and oxygen atoms in total. The molecule has 20 heavy (non-hydrogen) atoms. The molecule has 0 unspecified atom stereocenters. The molecule has 3 heterocycles. The molecule has 0 aliphatic carbocycles. The van der Waals surface area contributed by atoms with Gasteiger partial charge < -0.3 is 10.6 Å². The molecule has 0 aromatic carbocycles. The van der Waals surface area contributed by atoms with Crippen LogP contribution < -0.4 is 10.6 Å². The molecular weight excluding hydrogens is 272 g/mol. The molecule has 1 aromatic rings. The second-order valence-electron chi connectivity index (χ2n) is 5.28. The number of halogens is 1. The monoisotopic (exact) mass is 290 g/mol. The molecule has 0 saturated carbocycles. The first kappa shape index (κ1) is 13.6. The third kappa shape index (κ3) is 2.86. The summed E-state index contributed by atoms with van der Waals surface area (Å²) in [6.07, 6.45) is 7.15. The second kappa shape index (κ2) is 5.94. The van der Waals surface area contributed by atoms with Crippen molar-refractivity contribution in [1.82, 2.24) is 4.98 Å². The quantitative estimate of drug-likeness (QED) is 0.910. The van der Waals surface area contributed by atoms with Crippen LogP contribution in [-0.2, 0) is 0 Å². The fourth-order valence-corrected chi connectivity index (χ4v) is 2.78. The van der Waals surface area contributed by atoms with Crippen molar-refractivity contribution in [2.24, 2.45) is 10.7 Å². The normalized spacial score (nSPS) is 20.1. The molecule has 2 aliphatic rings. The molecule has 106 valence electrons. The van der Waals surface area contributed by atoms with Crippen molar-refractivity contribution in [2.45, 2.75) is 25.3 Å². The molecule has 0 radical (unpaired) electrons. The van der Waals surface area contributed by atoms with Crippen molar-refractivity contribution < 1.29 is 0 Å². The number of pyridine rings is 1. The maximum absolute atomic E-state index is 6.28. The number of rotatable bonds is 2. The molecule has 0 atom stereocenters. The summed E-state index contributed by atoms with van der Waals surface area (Å²) in [6, 6.07) is 4.22. The van der Waals surface area contributed by atoms with Crippen molar-refractivity contribution in [3.8, 4) is 0 Å². The van der Waals surface area contributed by atoms with E-state index >= 15 is 0 Å². The zero-order valence-electron chi connectivity index (χ0n) is 11.4. The van der Waals surface area contributed by atoms with Crippen LogP contribution in [0.3, 0.4) is 0 Å². The maximum atomic E-state index is 6.28. The number of piperidine rings is 1. The Morgan fingerprint density at radius 2 is 2.05 bits per heavy atom. The fourth-order valence-electron chi connectivity index (χ4n) is 2.58. The van der Waals surface area contributed by atoms with Gasteiger partial charge in [0, 0.05) is 25.7 Å². The van der Waals surface area contributed by atoms with Crippen molar-refractivity contribution in [3.05, 3.63) is 35.0 Å². The Bertz CT molecular complexity index is 545. The van der Waals surface area contributed by atoms with Crippen molar-refractivity contribution in [2.75, 3.05) is 24.5 Å². The van der Waals surface area contributed by atoms with E-state index < -0.39 is 0 Å². The van der Waals surface area contributed by atoms with Gasteiger partial charge in [0.15, 0.2) is 0 Å². The number of allylic oxidation sites excluding steroid dienone is 1. The van der Waals surface area contributed by atoms with E-state index in [9.17, 15) is 0 Å². The predicted molar refractivity (Wildman–Crippen MR) is 83.8 cm³/mol. The van der Waals surface area contributed by atoms with Crippen molar-refractivity contribution in [3.63, 3.8) is 0 Å². The lowest BCUT2D eigenvalue weighted by atomic mass is 10.1. The minimum Gasteiger partial charge on any atom is -0.356 e. The minimum atomic E-state index is 0.323. The summed E-state index contributed by atoms with van der Waals surface area (Å²) >= 11 is 6.28. The van der Waals surface area contributed by atoms with Crippen LogP contribution in [0.15, 0.2) is 29.3 Å². The Morgan fingerprint density at radius 3 is 2.75 bits per heavy atom. The summed E-state index contributed by atoms with van der Waals surface area (Å²) in [4.78, 5) is 11.5. The Labute approximate surface area is 124 Å². The molecule has 3 rings (SSSR count). The number of anilines is 1. The minimum absolute atomic E-state index is 0.323.